The molecule has 1 aromatic rings. The second kappa shape index (κ2) is 6.75. The molecule has 1 aromatic carbocycles. The molecule has 4 heteroatoms. The maximum atomic E-state index is 12.3. The average molecular weight is 287 g/mol. The number of anilines is 1. The molecular weight excluding hydrogens is 266 g/mol. The first-order valence-corrected chi connectivity index (χ1v) is 7.20. The second-order valence-corrected chi connectivity index (χ2v) is 5.50. The number of hydrogen-bond donors (Lipinski definition) is 2. The monoisotopic (exact) mass is 287 g/mol. The van der Waals surface area contributed by atoms with Crippen LogP contribution in [-0.4, -0.2) is 29.8 Å². The molecule has 0 aromatic heterocycles. The van der Waals surface area contributed by atoms with E-state index in [1.54, 1.807) is 0 Å². The lowest BCUT2D eigenvalue weighted by atomic mass is 10.0. The summed E-state index contributed by atoms with van der Waals surface area (Å²) in [4.78, 5) is 12.3. The molecule has 0 aliphatic carbocycles. The predicted octanol–water partition coefficient (Wildman–Crippen LogP) is 2.24. The van der Waals surface area contributed by atoms with Gasteiger partial charge in [0.05, 0.1) is 6.61 Å². The van der Waals surface area contributed by atoms with Gasteiger partial charge < -0.3 is 15.2 Å². The Morgan fingerprint density at radius 2 is 2.29 bits per heavy atom. The van der Waals surface area contributed by atoms with Crippen LogP contribution in [0.25, 0.3) is 0 Å². The maximum absolute atomic E-state index is 12.3. The fourth-order valence-electron chi connectivity index (χ4n) is 2.37. The molecule has 1 aliphatic rings. The van der Waals surface area contributed by atoms with Gasteiger partial charge in [-0.15, -0.1) is 0 Å². The van der Waals surface area contributed by atoms with Crippen LogP contribution in [0, 0.1) is 18.8 Å². The minimum atomic E-state index is -0.730. The molecule has 1 aliphatic heterocycles. The molecule has 0 saturated carbocycles. The summed E-state index contributed by atoms with van der Waals surface area (Å²) in [6, 6.07) is 5.70. The van der Waals surface area contributed by atoms with Crippen LogP contribution in [0.5, 0.6) is 0 Å². The predicted molar refractivity (Wildman–Crippen MR) is 82.0 cm³/mol. The Hall–Kier alpha value is -1.83. The lowest BCUT2D eigenvalue weighted by Crippen LogP contribution is -2.39. The summed E-state index contributed by atoms with van der Waals surface area (Å²) in [7, 11) is 0. The van der Waals surface area contributed by atoms with Gasteiger partial charge in [0.15, 0.2) is 0 Å². The van der Waals surface area contributed by atoms with E-state index in [1.807, 2.05) is 32.0 Å². The first-order chi connectivity index (χ1) is 10.0. The van der Waals surface area contributed by atoms with E-state index in [0.717, 1.165) is 29.7 Å². The van der Waals surface area contributed by atoms with Crippen molar-refractivity contribution in [3.8, 4) is 11.8 Å². The molecule has 0 bridgehead atoms. The highest BCUT2D eigenvalue weighted by Gasteiger charge is 2.37. The second-order valence-electron chi connectivity index (χ2n) is 5.50. The summed E-state index contributed by atoms with van der Waals surface area (Å²) in [5.41, 5.74) is 1.85. The van der Waals surface area contributed by atoms with Gasteiger partial charge in [-0.25, -0.2) is 0 Å². The van der Waals surface area contributed by atoms with Crippen LogP contribution in [0.4, 0.5) is 5.69 Å². The Labute approximate surface area is 125 Å². The van der Waals surface area contributed by atoms with E-state index in [9.17, 15) is 4.79 Å². The molecule has 1 unspecified atom stereocenters. The number of amides is 1. The van der Waals surface area contributed by atoms with E-state index < -0.39 is 5.60 Å². The summed E-state index contributed by atoms with van der Waals surface area (Å²) in [5.74, 6) is 5.76. The summed E-state index contributed by atoms with van der Waals surface area (Å²) < 4.78 is 5.55. The molecule has 21 heavy (non-hydrogen) atoms. The van der Waals surface area contributed by atoms with Crippen LogP contribution in [0.1, 0.15) is 37.3 Å². The zero-order valence-electron chi connectivity index (χ0n) is 12.5. The topological polar surface area (TPSA) is 58.6 Å². The molecule has 2 N–H and O–H groups in total. The van der Waals surface area contributed by atoms with Crippen molar-refractivity contribution in [1.29, 1.82) is 0 Å². The van der Waals surface area contributed by atoms with Gasteiger partial charge in [0.2, 0.25) is 0 Å². The zero-order valence-corrected chi connectivity index (χ0v) is 12.5. The summed E-state index contributed by atoms with van der Waals surface area (Å²) >= 11 is 0. The largest absolute Gasteiger partial charge is 0.395 e. The third-order valence-corrected chi connectivity index (χ3v) is 3.50. The fraction of sp³-hybridized carbons (Fsp3) is 0.471. The van der Waals surface area contributed by atoms with Gasteiger partial charge in [-0.1, -0.05) is 11.8 Å². The highest BCUT2D eigenvalue weighted by atomic mass is 16.5. The Balaban J connectivity index is 2.13. The van der Waals surface area contributed by atoms with Crippen molar-refractivity contribution < 1.29 is 14.6 Å². The number of ether oxygens (including phenoxy) is 1. The maximum Gasteiger partial charge on any atom is 0.256 e. The Morgan fingerprint density at radius 1 is 1.48 bits per heavy atom. The number of aliphatic hydroxyl groups is 1. The lowest BCUT2D eigenvalue weighted by Gasteiger charge is -2.22. The van der Waals surface area contributed by atoms with Gasteiger partial charge >= 0.3 is 0 Å². The van der Waals surface area contributed by atoms with Gasteiger partial charge in [-0.2, -0.15) is 0 Å². The molecule has 1 atom stereocenters. The number of nitrogens with one attached hydrogen (secondary N) is 1. The van der Waals surface area contributed by atoms with Gasteiger partial charge in [-0.05, 0) is 50.5 Å². The third kappa shape index (κ3) is 4.07. The van der Waals surface area contributed by atoms with E-state index >= 15 is 0 Å². The van der Waals surface area contributed by atoms with Gasteiger partial charge in [0.1, 0.15) is 5.60 Å². The number of carbonyl (C=O) groups excluding carboxylic acids is 1. The van der Waals surface area contributed by atoms with Crippen molar-refractivity contribution in [3.05, 3.63) is 29.3 Å². The summed E-state index contributed by atoms with van der Waals surface area (Å²) in [6.45, 7) is 4.47. The van der Waals surface area contributed by atoms with E-state index in [0.29, 0.717) is 13.0 Å². The molecular formula is C17H21NO3. The number of aryl methyl sites for hydroxylation is 1. The standard InChI is InChI=1S/C17H21NO3/c1-13-10-14(6-3-4-8-19)12-15(11-13)18-16(20)17(2)7-5-9-21-17/h10-12,19H,4-5,7-9H2,1-2H3,(H,18,20). The Kier molecular flexibility index (Phi) is 5.00. The van der Waals surface area contributed by atoms with E-state index in [4.69, 9.17) is 9.84 Å². The highest BCUT2D eigenvalue weighted by molar-refractivity contribution is 5.97. The molecule has 4 nitrogen and oxygen atoms in total. The first kappa shape index (κ1) is 15.6. The number of benzene rings is 1. The van der Waals surface area contributed by atoms with Crippen LogP contribution in [0.3, 0.4) is 0 Å². The SMILES string of the molecule is Cc1cc(C#CCCO)cc(NC(=O)C2(C)CCCO2)c1. The van der Waals surface area contributed by atoms with Crippen LogP contribution < -0.4 is 5.32 Å². The van der Waals surface area contributed by atoms with E-state index in [1.165, 1.54) is 0 Å². The smallest absolute Gasteiger partial charge is 0.256 e. The summed E-state index contributed by atoms with van der Waals surface area (Å²) in [5, 5.41) is 11.7. The van der Waals surface area contributed by atoms with Crippen LogP contribution in [-0.2, 0) is 9.53 Å². The number of rotatable bonds is 3. The zero-order chi connectivity index (χ0) is 15.3. The molecule has 1 saturated heterocycles. The van der Waals surface area contributed by atoms with E-state index in [-0.39, 0.29) is 12.5 Å². The van der Waals surface area contributed by atoms with Crippen molar-refractivity contribution in [2.45, 2.75) is 38.7 Å². The molecule has 0 spiro atoms. The number of aliphatic hydroxyl groups excluding tert-OH is 1. The van der Waals surface area contributed by atoms with Gasteiger partial charge in [0.25, 0.3) is 5.91 Å². The van der Waals surface area contributed by atoms with Crippen molar-refractivity contribution in [2.75, 3.05) is 18.5 Å². The molecule has 1 heterocycles. The third-order valence-electron chi connectivity index (χ3n) is 3.50. The van der Waals surface area contributed by atoms with Crippen LogP contribution in [0.15, 0.2) is 18.2 Å². The molecule has 1 amide bonds. The van der Waals surface area contributed by atoms with Crippen molar-refractivity contribution in [2.24, 2.45) is 0 Å². The number of carbonyl (C=O) groups is 1. The van der Waals surface area contributed by atoms with E-state index in [2.05, 4.69) is 17.2 Å². The summed E-state index contributed by atoms with van der Waals surface area (Å²) in [6.07, 6.45) is 2.10. The molecule has 2 rings (SSSR count). The highest BCUT2D eigenvalue weighted by Crippen LogP contribution is 2.27. The minimum Gasteiger partial charge on any atom is -0.395 e. The van der Waals surface area contributed by atoms with Crippen LogP contribution >= 0.6 is 0 Å². The van der Waals surface area contributed by atoms with Gasteiger partial charge in [-0.3, -0.25) is 4.79 Å². The Bertz CT molecular complexity index is 577. The Morgan fingerprint density at radius 3 is 2.95 bits per heavy atom. The first-order valence-electron chi connectivity index (χ1n) is 7.20. The number of hydrogen-bond acceptors (Lipinski definition) is 3. The van der Waals surface area contributed by atoms with Gasteiger partial charge in [0, 0.05) is 24.3 Å². The average Bonchev–Trinajstić information content (AvgIpc) is 2.87. The van der Waals surface area contributed by atoms with Crippen molar-refractivity contribution in [1.82, 2.24) is 0 Å². The molecule has 112 valence electrons. The normalized spacial score (nSPS) is 20.7. The van der Waals surface area contributed by atoms with Crippen molar-refractivity contribution in [3.63, 3.8) is 0 Å². The molecule has 0 radical (unpaired) electrons. The lowest BCUT2D eigenvalue weighted by molar-refractivity contribution is -0.133. The van der Waals surface area contributed by atoms with Crippen LogP contribution in [0.2, 0.25) is 0 Å². The quantitative estimate of drug-likeness (QED) is 0.838. The minimum absolute atomic E-state index is 0.0537. The molecule has 1 fully saturated rings. The fourth-order valence-corrected chi connectivity index (χ4v) is 2.37. The van der Waals surface area contributed by atoms with Crippen molar-refractivity contribution >= 4 is 11.6 Å².